The van der Waals surface area contributed by atoms with E-state index < -0.39 is 5.24 Å². The van der Waals surface area contributed by atoms with Crippen LogP contribution in [0.15, 0.2) is 24.3 Å². The summed E-state index contributed by atoms with van der Waals surface area (Å²) >= 11 is 5.27. The molecule has 0 fully saturated rings. The largest absolute Gasteiger partial charge is 0.281 e. The van der Waals surface area contributed by atoms with Gasteiger partial charge in [-0.2, -0.15) is 0 Å². The van der Waals surface area contributed by atoms with Gasteiger partial charge in [0, 0.05) is 5.92 Å². The van der Waals surface area contributed by atoms with Crippen LogP contribution < -0.4 is 0 Å². The third-order valence-electron chi connectivity index (χ3n) is 1.87. The Morgan fingerprint density at radius 1 is 1.54 bits per heavy atom. The van der Waals surface area contributed by atoms with E-state index >= 15 is 0 Å². The van der Waals surface area contributed by atoms with Crippen LogP contribution in [0, 0.1) is 11.7 Å². The van der Waals surface area contributed by atoms with E-state index in [4.69, 9.17) is 11.6 Å². The highest BCUT2D eigenvalue weighted by Gasteiger charge is 2.12. The summed E-state index contributed by atoms with van der Waals surface area (Å²) < 4.78 is 13.1. The zero-order valence-electron chi connectivity index (χ0n) is 7.26. The van der Waals surface area contributed by atoms with E-state index in [0.717, 1.165) is 0 Å². The SMILES string of the molecule is CC(Cc1ccccc1F)C(=O)Cl. The molecule has 1 rings (SSSR count). The Labute approximate surface area is 81.5 Å². The van der Waals surface area contributed by atoms with Gasteiger partial charge in [0.15, 0.2) is 0 Å². The molecule has 0 radical (unpaired) electrons. The molecule has 0 spiro atoms. The lowest BCUT2D eigenvalue weighted by Gasteiger charge is -2.06. The van der Waals surface area contributed by atoms with Gasteiger partial charge in [-0.05, 0) is 29.7 Å². The molecule has 0 aliphatic rings. The van der Waals surface area contributed by atoms with E-state index in [1.165, 1.54) is 6.07 Å². The number of carbonyl (C=O) groups excluding carboxylic acids is 1. The molecule has 0 saturated heterocycles. The van der Waals surface area contributed by atoms with Gasteiger partial charge in [0.25, 0.3) is 0 Å². The van der Waals surface area contributed by atoms with Gasteiger partial charge >= 0.3 is 0 Å². The summed E-state index contributed by atoms with van der Waals surface area (Å²) in [5.41, 5.74) is 0.531. The van der Waals surface area contributed by atoms with Crippen molar-refractivity contribution in [1.29, 1.82) is 0 Å². The van der Waals surface area contributed by atoms with Crippen LogP contribution in [0.2, 0.25) is 0 Å². The van der Waals surface area contributed by atoms with Crippen molar-refractivity contribution in [2.45, 2.75) is 13.3 Å². The van der Waals surface area contributed by atoms with Crippen molar-refractivity contribution in [2.75, 3.05) is 0 Å². The Morgan fingerprint density at radius 2 is 2.15 bits per heavy atom. The van der Waals surface area contributed by atoms with Crippen LogP contribution in [-0.4, -0.2) is 5.24 Å². The van der Waals surface area contributed by atoms with Crippen LogP contribution in [-0.2, 0) is 11.2 Å². The highest BCUT2D eigenvalue weighted by Crippen LogP contribution is 2.14. The molecular weight excluding hydrogens is 191 g/mol. The summed E-state index contributed by atoms with van der Waals surface area (Å²) in [5.74, 6) is -0.620. The minimum absolute atomic E-state index is 0.285. The van der Waals surface area contributed by atoms with Crippen LogP contribution >= 0.6 is 11.6 Å². The summed E-state index contributed by atoms with van der Waals surface area (Å²) in [7, 11) is 0. The molecule has 13 heavy (non-hydrogen) atoms. The second-order valence-corrected chi connectivity index (χ2v) is 3.37. The van der Waals surface area contributed by atoms with E-state index in [1.54, 1.807) is 25.1 Å². The summed E-state index contributed by atoms with van der Waals surface area (Å²) in [6.07, 6.45) is 0.356. The fourth-order valence-corrected chi connectivity index (χ4v) is 1.15. The number of rotatable bonds is 3. The Morgan fingerprint density at radius 3 is 2.69 bits per heavy atom. The monoisotopic (exact) mass is 200 g/mol. The number of benzene rings is 1. The highest BCUT2D eigenvalue weighted by molar-refractivity contribution is 6.63. The standard InChI is InChI=1S/C10H10ClFO/c1-7(10(11)13)6-8-4-2-3-5-9(8)12/h2-5,7H,6H2,1H3. The molecule has 0 bridgehead atoms. The zero-order valence-corrected chi connectivity index (χ0v) is 8.01. The van der Waals surface area contributed by atoms with E-state index in [2.05, 4.69) is 0 Å². The van der Waals surface area contributed by atoms with Gasteiger partial charge in [0.05, 0.1) is 0 Å². The second-order valence-electron chi connectivity index (χ2n) is 3.00. The molecule has 0 N–H and O–H groups in total. The number of halogens is 2. The van der Waals surface area contributed by atoms with E-state index in [9.17, 15) is 9.18 Å². The summed E-state index contributed by atoms with van der Waals surface area (Å²) in [4.78, 5) is 10.7. The van der Waals surface area contributed by atoms with Gasteiger partial charge in [-0.25, -0.2) is 4.39 Å². The molecule has 0 saturated carbocycles. The molecule has 0 aliphatic heterocycles. The van der Waals surface area contributed by atoms with Crippen molar-refractivity contribution >= 4 is 16.8 Å². The van der Waals surface area contributed by atoms with Crippen molar-refractivity contribution in [2.24, 2.45) is 5.92 Å². The smallest absolute Gasteiger partial charge is 0.224 e. The van der Waals surface area contributed by atoms with Crippen molar-refractivity contribution < 1.29 is 9.18 Å². The first-order valence-corrected chi connectivity index (χ1v) is 4.42. The minimum atomic E-state index is -0.428. The maximum Gasteiger partial charge on any atom is 0.224 e. The van der Waals surface area contributed by atoms with Crippen LogP contribution in [0.4, 0.5) is 4.39 Å². The van der Waals surface area contributed by atoms with Crippen LogP contribution in [0.5, 0.6) is 0 Å². The average Bonchev–Trinajstić information content (AvgIpc) is 2.08. The molecular formula is C10H10ClFO. The summed E-state index contributed by atoms with van der Waals surface area (Å²) in [6.45, 7) is 1.68. The van der Waals surface area contributed by atoms with E-state index in [-0.39, 0.29) is 11.7 Å². The molecule has 0 amide bonds. The molecule has 1 unspecified atom stereocenters. The lowest BCUT2D eigenvalue weighted by molar-refractivity contribution is -0.114. The van der Waals surface area contributed by atoms with Gasteiger partial charge in [-0.15, -0.1) is 0 Å². The maximum absolute atomic E-state index is 13.1. The third-order valence-corrected chi connectivity index (χ3v) is 2.24. The minimum Gasteiger partial charge on any atom is -0.281 e. The summed E-state index contributed by atoms with van der Waals surface area (Å²) in [5, 5.41) is -0.428. The fourth-order valence-electron chi connectivity index (χ4n) is 1.07. The topological polar surface area (TPSA) is 17.1 Å². The number of carbonyl (C=O) groups is 1. The van der Waals surface area contributed by atoms with Crippen LogP contribution in [0.25, 0.3) is 0 Å². The van der Waals surface area contributed by atoms with E-state index in [1.807, 2.05) is 0 Å². The van der Waals surface area contributed by atoms with Crippen LogP contribution in [0.1, 0.15) is 12.5 Å². The normalized spacial score (nSPS) is 12.5. The predicted molar refractivity (Wildman–Crippen MR) is 50.1 cm³/mol. The summed E-state index contributed by atoms with van der Waals surface area (Å²) in [6, 6.07) is 6.39. The zero-order chi connectivity index (χ0) is 9.84. The molecule has 70 valence electrons. The first-order chi connectivity index (χ1) is 6.11. The van der Waals surface area contributed by atoms with Gasteiger partial charge < -0.3 is 0 Å². The fraction of sp³-hybridized carbons (Fsp3) is 0.300. The highest BCUT2D eigenvalue weighted by atomic mass is 35.5. The quantitative estimate of drug-likeness (QED) is 0.686. The maximum atomic E-state index is 13.1. The predicted octanol–water partition coefficient (Wildman–Crippen LogP) is 2.77. The van der Waals surface area contributed by atoms with Gasteiger partial charge in [-0.3, -0.25) is 4.79 Å². The molecule has 1 atom stereocenters. The molecule has 1 aromatic carbocycles. The first kappa shape index (κ1) is 10.2. The molecule has 0 aromatic heterocycles. The first-order valence-electron chi connectivity index (χ1n) is 4.04. The average molecular weight is 201 g/mol. The van der Waals surface area contributed by atoms with Gasteiger partial charge in [0.2, 0.25) is 5.24 Å². The van der Waals surface area contributed by atoms with Crippen molar-refractivity contribution in [3.8, 4) is 0 Å². The molecule has 3 heteroatoms. The second kappa shape index (κ2) is 4.38. The van der Waals surface area contributed by atoms with Gasteiger partial charge in [-0.1, -0.05) is 25.1 Å². The lowest BCUT2D eigenvalue weighted by atomic mass is 10.0. The van der Waals surface area contributed by atoms with Crippen molar-refractivity contribution in [3.05, 3.63) is 35.6 Å². The Kier molecular flexibility index (Phi) is 3.43. The molecule has 0 aliphatic carbocycles. The Hall–Kier alpha value is -0.890. The number of hydrogen-bond donors (Lipinski definition) is 0. The Bertz CT molecular complexity index is 312. The van der Waals surface area contributed by atoms with E-state index in [0.29, 0.717) is 12.0 Å². The molecule has 1 nitrogen and oxygen atoms in total. The third kappa shape index (κ3) is 2.81. The number of hydrogen-bond acceptors (Lipinski definition) is 1. The Balaban J connectivity index is 2.74. The van der Waals surface area contributed by atoms with Crippen molar-refractivity contribution in [1.82, 2.24) is 0 Å². The van der Waals surface area contributed by atoms with Gasteiger partial charge in [0.1, 0.15) is 5.82 Å². The van der Waals surface area contributed by atoms with Crippen LogP contribution in [0.3, 0.4) is 0 Å². The lowest BCUT2D eigenvalue weighted by Crippen LogP contribution is -2.08. The molecule has 1 aromatic rings. The molecule has 0 heterocycles. The van der Waals surface area contributed by atoms with Crippen molar-refractivity contribution in [3.63, 3.8) is 0 Å².